The van der Waals surface area contributed by atoms with Crippen molar-refractivity contribution in [2.45, 2.75) is 32.7 Å². The van der Waals surface area contributed by atoms with Gasteiger partial charge in [-0.05, 0) is 23.2 Å². The number of carbonyl (C=O) groups is 1. The second-order valence-electron chi connectivity index (χ2n) is 6.30. The fraction of sp³-hybridized carbons (Fsp3) is 0.350. The van der Waals surface area contributed by atoms with Gasteiger partial charge in [0.25, 0.3) is 0 Å². The Bertz CT molecular complexity index is 604. The summed E-state index contributed by atoms with van der Waals surface area (Å²) in [5, 5.41) is 1.42. The summed E-state index contributed by atoms with van der Waals surface area (Å²) >= 11 is 0. The number of ether oxygens (including phenoxy) is 1. The Morgan fingerprint density at radius 1 is 1.00 bits per heavy atom. The molecule has 1 unspecified atom stereocenters. The van der Waals surface area contributed by atoms with Gasteiger partial charge in [-0.3, -0.25) is 4.79 Å². The molecule has 0 aromatic heterocycles. The standard InChI is InChI=1S/C20H25FO2Si/c1-4-23-20(22)15-19(16(2)3)24(21,17-11-7-5-8-12-17)18-13-9-6-10-14-18/h5-14,16,19H,4,15H2,1-3H3. The third kappa shape index (κ3) is 3.93. The minimum atomic E-state index is -3.59. The summed E-state index contributed by atoms with van der Waals surface area (Å²) in [5.74, 6) is -0.288. The number of benzene rings is 2. The van der Waals surface area contributed by atoms with E-state index in [9.17, 15) is 4.79 Å². The molecule has 0 aliphatic carbocycles. The molecule has 1 atom stereocenters. The van der Waals surface area contributed by atoms with Crippen molar-refractivity contribution in [1.82, 2.24) is 0 Å². The average molecular weight is 345 g/mol. The van der Waals surface area contributed by atoms with E-state index < -0.39 is 8.41 Å². The van der Waals surface area contributed by atoms with Crippen LogP contribution in [0.25, 0.3) is 0 Å². The molecule has 128 valence electrons. The lowest BCUT2D eigenvalue weighted by Crippen LogP contribution is -2.59. The molecule has 24 heavy (non-hydrogen) atoms. The molecular formula is C20H25FO2Si. The summed E-state index contributed by atoms with van der Waals surface area (Å²) in [5.41, 5.74) is -0.374. The Kier molecular flexibility index (Phi) is 6.32. The van der Waals surface area contributed by atoms with Gasteiger partial charge < -0.3 is 8.84 Å². The highest BCUT2D eigenvalue weighted by atomic mass is 28.4. The molecule has 0 N–H and O–H groups in total. The van der Waals surface area contributed by atoms with Gasteiger partial charge in [0.05, 0.1) is 6.61 Å². The van der Waals surface area contributed by atoms with Crippen molar-refractivity contribution in [3.05, 3.63) is 60.7 Å². The van der Waals surface area contributed by atoms with Crippen molar-refractivity contribution < 1.29 is 13.6 Å². The van der Waals surface area contributed by atoms with Crippen LogP contribution in [-0.2, 0) is 9.53 Å². The van der Waals surface area contributed by atoms with Crippen LogP contribution in [-0.4, -0.2) is 21.0 Å². The monoisotopic (exact) mass is 344 g/mol. The maximum Gasteiger partial charge on any atom is 0.312 e. The predicted molar refractivity (Wildman–Crippen MR) is 98.9 cm³/mol. The van der Waals surface area contributed by atoms with E-state index in [1.165, 1.54) is 0 Å². The van der Waals surface area contributed by atoms with E-state index in [1.54, 1.807) is 6.92 Å². The summed E-state index contributed by atoms with van der Waals surface area (Å²) in [4.78, 5) is 12.1. The lowest BCUT2D eigenvalue weighted by Gasteiger charge is -2.34. The zero-order valence-corrected chi connectivity index (χ0v) is 15.5. The van der Waals surface area contributed by atoms with Crippen molar-refractivity contribution in [3.63, 3.8) is 0 Å². The molecule has 0 spiro atoms. The molecule has 0 saturated carbocycles. The third-order valence-electron chi connectivity index (χ3n) is 4.40. The summed E-state index contributed by atoms with van der Waals surface area (Å²) in [7, 11) is -3.59. The van der Waals surface area contributed by atoms with Gasteiger partial charge in [-0.1, -0.05) is 74.5 Å². The molecule has 0 saturated heterocycles. The summed E-state index contributed by atoms with van der Waals surface area (Å²) < 4.78 is 21.8. The van der Waals surface area contributed by atoms with Crippen LogP contribution in [0.1, 0.15) is 27.2 Å². The van der Waals surface area contributed by atoms with Gasteiger partial charge in [-0.15, -0.1) is 0 Å². The lowest BCUT2D eigenvalue weighted by molar-refractivity contribution is -0.143. The Labute approximate surface area is 144 Å². The number of halogens is 1. The minimum absolute atomic E-state index is 0.0338. The first-order valence-corrected chi connectivity index (χ1v) is 10.4. The van der Waals surface area contributed by atoms with Gasteiger partial charge in [0.15, 0.2) is 0 Å². The average Bonchev–Trinajstić information content (AvgIpc) is 2.60. The van der Waals surface area contributed by atoms with Crippen LogP contribution in [0.4, 0.5) is 4.11 Å². The highest BCUT2D eigenvalue weighted by molar-refractivity contribution is 6.98. The fourth-order valence-corrected chi connectivity index (χ4v) is 7.10. The maximum atomic E-state index is 16.7. The van der Waals surface area contributed by atoms with Crippen molar-refractivity contribution >= 4 is 24.8 Å². The minimum Gasteiger partial charge on any atom is -0.466 e. The Morgan fingerprint density at radius 2 is 1.46 bits per heavy atom. The fourth-order valence-electron chi connectivity index (χ4n) is 3.19. The topological polar surface area (TPSA) is 26.3 Å². The van der Waals surface area contributed by atoms with Crippen LogP contribution in [0.5, 0.6) is 0 Å². The first kappa shape index (κ1) is 18.4. The van der Waals surface area contributed by atoms with Crippen molar-refractivity contribution in [2.24, 2.45) is 5.92 Å². The second kappa shape index (κ2) is 8.24. The Hall–Kier alpha value is -1.94. The molecule has 4 heteroatoms. The van der Waals surface area contributed by atoms with E-state index in [2.05, 4.69) is 0 Å². The molecular weight excluding hydrogens is 319 g/mol. The molecule has 2 rings (SSSR count). The second-order valence-corrected chi connectivity index (χ2v) is 9.62. The number of esters is 1. The van der Waals surface area contributed by atoms with Gasteiger partial charge in [-0.2, -0.15) is 0 Å². The summed E-state index contributed by atoms with van der Waals surface area (Å²) in [6, 6.07) is 18.6. The van der Waals surface area contributed by atoms with Crippen LogP contribution in [0, 0.1) is 5.92 Å². The third-order valence-corrected chi connectivity index (χ3v) is 8.64. The highest BCUT2D eigenvalue weighted by Crippen LogP contribution is 2.34. The zero-order chi connectivity index (χ0) is 17.6. The van der Waals surface area contributed by atoms with E-state index in [1.807, 2.05) is 74.5 Å². The van der Waals surface area contributed by atoms with E-state index in [0.29, 0.717) is 17.0 Å². The normalized spacial score (nSPS) is 12.9. The van der Waals surface area contributed by atoms with Gasteiger partial charge in [0.2, 0.25) is 0 Å². The number of hydrogen-bond donors (Lipinski definition) is 0. The predicted octanol–water partition coefficient (Wildman–Crippen LogP) is 3.70. The van der Waals surface area contributed by atoms with Gasteiger partial charge in [0, 0.05) is 12.0 Å². The molecule has 0 amide bonds. The molecule has 0 radical (unpaired) electrons. The molecule has 0 bridgehead atoms. The van der Waals surface area contributed by atoms with Crippen LogP contribution in [0.3, 0.4) is 0 Å². The largest absolute Gasteiger partial charge is 0.466 e. The summed E-state index contributed by atoms with van der Waals surface area (Å²) in [6.45, 7) is 6.06. The Balaban J connectivity index is 2.53. The number of hydrogen-bond acceptors (Lipinski definition) is 2. The van der Waals surface area contributed by atoms with E-state index >= 15 is 4.11 Å². The van der Waals surface area contributed by atoms with Crippen LogP contribution in [0.2, 0.25) is 5.54 Å². The molecule has 0 aliphatic heterocycles. The van der Waals surface area contributed by atoms with Crippen molar-refractivity contribution in [3.8, 4) is 0 Å². The van der Waals surface area contributed by atoms with Crippen molar-refractivity contribution in [2.75, 3.05) is 6.61 Å². The zero-order valence-electron chi connectivity index (χ0n) is 14.5. The first-order valence-electron chi connectivity index (χ1n) is 8.45. The van der Waals surface area contributed by atoms with Gasteiger partial charge >= 0.3 is 14.4 Å². The smallest absolute Gasteiger partial charge is 0.312 e. The number of rotatable bonds is 7. The van der Waals surface area contributed by atoms with E-state index in [-0.39, 0.29) is 23.8 Å². The number of carbonyl (C=O) groups excluding carboxylic acids is 1. The van der Waals surface area contributed by atoms with Crippen LogP contribution < -0.4 is 10.4 Å². The quantitative estimate of drug-likeness (QED) is 0.435. The van der Waals surface area contributed by atoms with Crippen LogP contribution in [0.15, 0.2) is 60.7 Å². The SMILES string of the molecule is CCOC(=O)CC(C(C)C)[Si](F)(c1ccccc1)c1ccccc1. The van der Waals surface area contributed by atoms with E-state index in [4.69, 9.17) is 4.74 Å². The highest BCUT2D eigenvalue weighted by Gasteiger charge is 2.48. The first-order chi connectivity index (χ1) is 11.5. The molecule has 2 aromatic rings. The molecule has 0 fully saturated rings. The van der Waals surface area contributed by atoms with Crippen LogP contribution >= 0.6 is 0 Å². The lowest BCUT2D eigenvalue weighted by atomic mass is 10.1. The van der Waals surface area contributed by atoms with Crippen molar-refractivity contribution in [1.29, 1.82) is 0 Å². The Morgan fingerprint density at radius 3 is 1.83 bits per heavy atom. The molecule has 0 heterocycles. The molecule has 2 aromatic carbocycles. The summed E-state index contributed by atoms with van der Waals surface area (Å²) in [6.07, 6.45) is 0.109. The van der Waals surface area contributed by atoms with Gasteiger partial charge in [0.1, 0.15) is 0 Å². The van der Waals surface area contributed by atoms with Gasteiger partial charge in [-0.25, -0.2) is 0 Å². The molecule has 2 nitrogen and oxygen atoms in total. The van der Waals surface area contributed by atoms with E-state index in [0.717, 1.165) is 0 Å². The maximum absolute atomic E-state index is 16.7. The molecule has 0 aliphatic rings.